The molecular weight excluding hydrogens is 442 g/mol. The van der Waals surface area contributed by atoms with Crippen LogP contribution in [0.3, 0.4) is 0 Å². The Labute approximate surface area is 199 Å². The van der Waals surface area contributed by atoms with Crippen molar-refractivity contribution < 1.29 is 0 Å². The quantitative estimate of drug-likeness (QED) is 0.414. The number of H-pyrrole nitrogens is 2. The monoisotopic (exact) mass is 465 g/mol. The fraction of sp³-hybridized carbons (Fsp3) is 0.240. The van der Waals surface area contributed by atoms with Crippen molar-refractivity contribution in [2.24, 2.45) is 7.05 Å². The number of fused-ring (bicyclic) bond motifs is 3. The third kappa shape index (κ3) is 2.99. The van der Waals surface area contributed by atoms with Crippen LogP contribution in [0.15, 0.2) is 59.9 Å². The highest BCUT2D eigenvalue weighted by Gasteiger charge is 2.27. The van der Waals surface area contributed by atoms with E-state index in [9.17, 15) is 4.79 Å². The molecule has 5 aromatic heterocycles. The van der Waals surface area contributed by atoms with Gasteiger partial charge in [0.1, 0.15) is 17.8 Å². The van der Waals surface area contributed by atoms with Gasteiger partial charge < -0.3 is 19.4 Å². The number of imidazole rings is 2. The first kappa shape index (κ1) is 20.0. The molecule has 0 aliphatic carbocycles. The van der Waals surface area contributed by atoms with Crippen LogP contribution in [0.2, 0.25) is 0 Å². The van der Waals surface area contributed by atoms with Crippen LogP contribution in [0.5, 0.6) is 0 Å². The molecule has 0 bridgehead atoms. The predicted molar refractivity (Wildman–Crippen MR) is 134 cm³/mol. The van der Waals surface area contributed by atoms with Crippen LogP contribution in [0.1, 0.15) is 18.9 Å². The SMILES string of the molecule is Cn1c(-c2c[nH]c3ncccc23)nc2c(N3CCC(n4c(=O)[nH]c5ccccc54)CC3)ncnc21. The highest BCUT2D eigenvalue weighted by atomic mass is 16.1. The van der Waals surface area contributed by atoms with E-state index in [1.54, 1.807) is 12.5 Å². The zero-order valence-electron chi connectivity index (χ0n) is 19.1. The third-order valence-corrected chi connectivity index (χ3v) is 7.08. The smallest absolute Gasteiger partial charge is 0.326 e. The molecule has 1 aliphatic heterocycles. The van der Waals surface area contributed by atoms with Gasteiger partial charge in [-0.25, -0.2) is 24.7 Å². The molecule has 6 heterocycles. The molecule has 7 rings (SSSR count). The number of hydrogen-bond acceptors (Lipinski definition) is 6. The number of pyridine rings is 1. The van der Waals surface area contributed by atoms with Crippen molar-refractivity contribution in [3.63, 3.8) is 0 Å². The normalized spacial score (nSPS) is 15.1. The van der Waals surface area contributed by atoms with Gasteiger partial charge in [-0.3, -0.25) is 4.57 Å². The lowest BCUT2D eigenvalue weighted by molar-refractivity contribution is 0.395. The van der Waals surface area contributed by atoms with Crippen molar-refractivity contribution in [3.05, 3.63) is 65.6 Å². The molecule has 35 heavy (non-hydrogen) atoms. The Kier molecular flexibility index (Phi) is 4.29. The van der Waals surface area contributed by atoms with E-state index in [1.165, 1.54) is 0 Å². The fourth-order valence-electron chi connectivity index (χ4n) is 5.37. The Balaban J connectivity index is 1.23. The number of anilines is 1. The summed E-state index contributed by atoms with van der Waals surface area (Å²) in [6, 6.07) is 12.0. The Morgan fingerprint density at radius 1 is 1.03 bits per heavy atom. The van der Waals surface area contributed by atoms with Gasteiger partial charge in [0.15, 0.2) is 17.0 Å². The Morgan fingerprint density at radius 2 is 1.89 bits per heavy atom. The van der Waals surface area contributed by atoms with Gasteiger partial charge in [0.25, 0.3) is 0 Å². The summed E-state index contributed by atoms with van der Waals surface area (Å²) < 4.78 is 3.92. The number of benzene rings is 1. The maximum absolute atomic E-state index is 12.7. The molecule has 1 saturated heterocycles. The average Bonchev–Trinajstić information content (AvgIpc) is 3.56. The van der Waals surface area contributed by atoms with Gasteiger partial charge in [-0.2, -0.15) is 0 Å². The van der Waals surface area contributed by atoms with Crippen molar-refractivity contribution in [2.45, 2.75) is 18.9 Å². The lowest BCUT2D eigenvalue weighted by atomic mass is 10.0. The minimum atomic E-state index is -0.0448. The zero-order chi connectivity index (χ0) is 23.5. The van der Waals surface area contributed by atoms with Crippen molar-refractivity contribution in [1.29, 1.82) is 0 Å². The molecule has 0 amide bonds. The first-order valence-corrected chi connectivity index (χ1v) is 11.7. The second-order valence-electron chi connectivity index (χ2n) is 9.00. The number of nitrogens with one attached hydrogen (secondary N) is 2. The van der Waals surface area contributed by atoms with Crippen LogP contribution in [0.25, 0.3) is 44.6 Å². The van der Waals surface area contributed by atoms with Crippen LogP contribution in [0.4, 0.5) is 5.82 Å². The molecule has 1 aliphatic rings. The summed E-state index contributed by atoms with van der Waals surface area (Å²) >= 11 is 0. The Bertz CT molecular complexity index is 1760. The molecule has 1 fully saturated rings. The van der Waals surface area contributed by atoms with Gasteiger partial charge >= 0.3 is 5.69 Å². The van der Waals surface area contributed by atoms with Crippen LogP contribution in [-0.2, 0) is 7.05 Å². The second-order valence-corrected chi connectivity index (χ2v) is 9.00. The standard InChI is InChI=1S/C25H23N9O/c1-32-22(17-13-27-21-16(17)5-4-10-26-21)31-20-23(32)28-14-29-24(20)33-11-8-15(9-12-33)34-19-7-3-2-6-18(19)30-25(34)35/h2-7,10,13-15H,8-9,11-12H2,1H3,(H,26,27)(H,30,35). The first-order chi connectivity index (χ1) is 17.2. The number of aromatic nitrogens is 8. The summed E-state index contributed by atoms with van der Waals surface area (Å²) in [5, 5.41) is 1.02. The molecule has 0 atom stereocenters. The molecule has 0 unspecified atom stereocenters. The van der Waals surface area contributed by atoms with Crippen LogP contribution in [0, 0.1) is 0 Å². The molecule has 10 heteroatoms. The highest BCUT2D eigenvalue weighted by Crippen LogP contribution is 2.33. The Morgan fingerprint density at radius 3 is 2.77 bits per heavy atom. The molecule has 0 saturated carbocycles. The molecular formula is C25H23N9O. The largest absolute Gasteiger partial charge is 0.355 e. The molecule has 6 aromatic rings. The van der Waals surface area contributed by atoms with Crippen molar-refractivity contribution in [2.75, 3.05) is 18.0 Å². The summed E-state index contributed by atoms with van der Waals surface area (Å²) in [5.41, 5.74) is 5.18. The van der Waals surface area contributed by atoms with E-state index >= 15 is 0 Å². The van der Waals surface area contributed by atoms with E-state index in [-0.39, 0.29) is 11.7 Å². The van der Waals surface area contributed by atoms with E-state index in [4.69, 9.17) is 4.98 Å². The molecule has 174 valence electrons. The van der Waals surface area contributed by atoms with E-state index in [2.05, 4.69) is 29.8 Å². The highest BCUT2D eigenvalue weighted by molar-refractivity contribution is 5.95. The van der Waals surface area contributed by atoms with Gasteiger partial charge in [-0.15, -0.1) is 0 Å². The van der Waals surface area contributed by atoms with E-state index < -0.39 is 0 Å². The second kappa shape index (κ2) is 7.52. The van der Waals surface area contributed by atoms with Crippen molar-refractivity contribution in [3.8, 4) is 11.4 Å². The van der Waals surface area contributed by atoms with Crippen molar-refractivity contribution in [1.82, 2.24) is 39.0 Å². The summed E-state index contributed by atoms with van der Waals surface area (Å²) in [6.45, 7) is 1.57. The summed E-state index contributed by atoms with van der Waals surface area (Å²) in [4.78, 5) is 39.7. The number of aryl methyl sites for hydroxylation is 1. The zero-order valence-corrected chi connectivity index (χ0v) is 19.1. The van der Waals surface area contributed by atoms with E-state index in [0.29, 0.717) is 0 Å². The van der Waals surface area contributed by atoms with Crippen LogP contribution in [-0.4, -0.2) is 52.1 Å². The number of rotatable bonds is 3. The Hall–Kier alpha value is -4.47. The third-order valence-electron chi connectivity index (χ3n) is 7.08. The van der Waals surface area contributed by atoms with Gasteiger partial charge in [0.05, 0.1) is 11.0 Å². The molecule has 10 nitrogen and oxygen atoms in total. The number of nitrogens with zero attached hydrogens (tertiary/aromatic N) is 7. The minimum Gasteiger partial charge on any atom is -0.355 e. The van der Waals surface area contributed by atoms with Gasteiger partial charge in [0, 0.05) is 49.5 Å². The molecule has 0 spiro atoms. The average molecular weight is 466 g/mol. The maximum Gasteiger partial charge on any atom is 0.326 e. The van der Waals surface area contributed by atoms with Crippen LogP contribution >= 0.6 is 0 Å². The lowest BCUT2D eigenvalue weighted by Crippen LogP contribution is -2.37. The van der Waals surface area contributed by atoms with Gasteiger partial charge in [0.2, 0.25) is 0 Å². The summed E-state index contributed by atoms with van der Waals surface area (Å²) in [6.07, 6.45) is 7.02. The molecule has 1 aromatic carbocycles. The summed E-state index contributed by atoms with van der Waals surface area (Å²) in [5.74, 6) is 1.65. The minimum absolute atomic E-state index is 0.0448. The molecule has 2 N–H and O–H groups in total. The number of hydrogen-bond donors (Lipinski definition) is 2. The van der Waals surface area contributed by atoms with Gasteiger partial charge in [-0.1, -0.05) is 12.1 Å². The van der Waals surface area contributed by atoms with Crippen LogP contribution < -0.4 is 10.6 Å². The predicted octanol–water partition coefficient (Wildman–Crippen LogP) is 3.39. The number of aromatic amines is 2. The topological polar surface area (TPSA) is 113 Å². The fourth-order valence-corrected chi connectivity index (χ4v) is 5.37. The number of piperidine rings is 1. The lowest BCUT2D eigenvalue weighted by Gasteiger charge is -2.33. The van der Waals surface area contributed by atoms with E-state index in [0.717, 1.165) is 76.4 Å². The summed E-state index contributed by atoms with van der Waals surface area (Å²) in [7, 11) is 1.98. The maximum atomic E-state index is 12.7. The number of para-hydroxylation sites is 2. The van der Waals surface area contributed by atoms with E-state index in [1.807, 2.05) is 58.8 Å². The molecule has 0 radical (unpaired) electrons. The first-order valence-electron chi connectivity index (χ1n) is 11.7. The van der Waals surface area contributed by atoms with Crippen molar-refractivity contribution >= 4 is 39.0 Å². The van der Waals surface area contributed by atoms with Gasteiger partial charge in [-0.05, 0) is 37.1 Å².